The van der Waals surface area contributed by atoms with Gasteiger partial charge in [0, 0.05) is 21.8 Å². The minimum Gasteiger partial charge on any atom is -0.507 e. The number of halogens is 2. The number of Topliss-reactive ketones (excluding diaryl/α,β-unsaturated/α-hetero) is 1. The predicted molar refractivity (Wildman–Crippen MR) is 109 cm³/mol. The average Bonchev–Trinajstić information content (AvgIpc) is 3.00. The van der Waals surface area contributed by atoms with Crippen LogP contribution >= 0.6 is 11.6 Å². The topological polar surface area (TPSA) is 57.6 Å². The van der Waals surface area contributed by atoms with E-state index in [0.29, 0.717) is 16.3 Å². The molecule has 144 valence electrons. The second-order valence-corrected chi connectivity index (χ2v) is 6.97. The number of amides is 1. The molecule has 1 aliphatic rings. The van der Waals surface area contributed by atoms with E-state index >= 15 is 0 Å². The van der Waals surface area contributed by atoms with Crippen molar-refractivity contribution in [3.63, 3.8) is 0 Å². The molecule has 0 bridgehead atoms. The summed E-state index contributed by atoms with van der Waals surface area (Å²) >= 11 is 5.90. The van der Waals surface area contributed by atoms with Gasteiger partial charge in [0.25, 0.3) is 11.7 Å². The van der Waals surface area contributed by atoms with Crippen LogP contribution in [0.1, 0.15) is 17.2 Å². The van der Waals surface area contributed by atoms with Crippen molar-refractivity contribution >= 4 is 34.7 Å². The lowest BCUT2D eigenvalue weighted by atomic mass is 9.94. The third kappa shape index (κ3) is 3.30. The predicted octanol–water partition coefficient (Wildman–Crippen LogP) is 5.11. The van der Waals surface area contributed by atoms with Crippen molar-refractivity contribution in [1.29, 1.82) is 0 Å². The van der Waals surface area contributed by atoms with Crippen molar-refractivity contribution in [2.24, 2.45) is 0 Å². The Morgan fingerprint density at radius 1 is 0.897 bits per heavy atom. The van der Waals surface area contributed by atoms with Gasteiger partial charge in [0.1, 0.15) is 11.6 Å². The van der Waals surface area contributed by atoms with Gasteiger partial charge in [-0.05, 0) is 42.5 Å². The number of ketones is 1. The molecule has 1 saturated heterocycles. The van der Waals surface area contributed by atoms with E-state index in [-0.39, 0.29) is 16.9 Å². The molecular formula is C23H15ClFNO3. The van der Waals surface area contributed by atoms with Crippen LogP contribution in [0.5, 0.6) is 0 Å². The van der Waals surface area contributed by atoms with Crippen LogP contribution in [-0.2, 0) is 9.59 Å². The van der Waals surface area contributed by atoms with Crippen LogP contribution in [-0.4, -0.2) is 16.8 Å². The minimum atomic E-state index is -1.10. The van der Waals surface area contributed by atoms with Crippen LogP contribution < -0.4 is 4.90 Å². The van der Waals surface area contributed by atoms with Gasteiger partial charge in [-0.15, -0.1) is 0 Å². The molecule has 0 saturated carbocycles. The molecule has 0 aliphatic carbocycles. The Labute approximate surface area is 171 Å². The van der Waals surface area contributed by atoms with Crippen molar-refractivity contribution in [2.45, 2.75) is 6.04 Å². The van der Waals surface area contributed by atoms with Gasteiger partial charge in [0.15, 0.2) is 0 Å². The molecular weight excluding hydrogens is 393 g/mol. The van der Waals surface area contributed by atoms with E-state index < -0.39 is 23.5 Å². The second kappa shape index (κ2) is 7.53. The maximum atomic E-state index is 14.7. The number of rotatable bonds is 3. The summed E-state index contributed by atoms with van der Waals surface area (Å²) in [6.07, 6.45) is 0. The number of carbonyl (C=O) groups is 2. The summed E-state index contributed by atoms with van der Waals surface area (Å²) in [6.45, 7) is 0. The normalized spacial score (nSPS) is 18.3. The summed E-state index contributed by atoms with van der Waals surface area (Å²) in [5.41, 5.74) is 0.678. The summed E-state index contributed by atoms with van der Waals surface area (Å²) < 4.78 is 14.7. The molecule has 0 radical (unpaired) electrons. The Bertz CT molecular complexity index is 1130. The zero-order chi connectivity index (χ0) is 20.5. The summed E-state index contributed by atoms with van der Waals surface area (Å²) in [6, 6.07) is 19.5. The largest absolute Gasteiger partial charge is 0.507 e. The van der Waals surface area contributed by atoms with Crippen molar-refractivity contribution in [3.05, 3.63) is 106 Å². The Morgan fingerprint density at radius 3 is 2.17 bits per heavy atom. The number of para-hydroxylation sites is 1. The molecule has 4 rings (SSSR count). The van der Waals surface area contributed by atoms with E-state index in [0.717, 1.165) is 0 Å². The van der Waals surface area contributed by atoms with Gasteiger partial charge >= 0.3 is 0 Å². The van der Waals surface area contributed by atoms with Gasteiger partial charge in [-0.25, -0.2) is 4.39 Å². The number of aliphatic hydroxyl groups is 1. The maximum absolute atomic E-state index is 14.7. The summed E-state index contributed by atoms with van der Waals surface area (Å²) in [5.74, 6) is -2.68. The first-order valence-electron chi connectivity index (χ1n) is 8.85. The van der Waals surface area contributed by atoms with E-state index in [4.69, 9.17) is 11.6 Å². The fourth-order valence-corrected chi connectivity index (χ4v) is 3.57. The average molecular weight is 408 g/mol. The van der Waals surface area contributed by atoms with Crippen molar-refractivity contribution in [2.75, 3.05) is 4.90 Å². The van der Waals surface area contributed by atoms with E-state index in [1.807, 2.05) is 0 Å². The fourth-order valence-electron chi connectivity index (χ4n) is 3.44. The minimum absolute atomic E-state index is 0.117. The summed E-state index contributed by atoms with van der Waals surface area (Å²) in [7, 11) is 0. The van der Waals surface area contributed by atoms with Crippen molar-refractivity contribution in [3.8, 4) is 0 Å². The Hall–Kier alpha value is -3.44. The molecule has 4 nitrogen and oxygen atoms in total. The Morgan fingerprint density at radius 2 is 1.52 bits per heavy atom. The van der Waals surface area contributed by atoms with Crippen LogP contribution in [0, 0.1) is 5.82 Å². The third-order valence-electron chi connectivity index (χ3n) is 4.80. The van der Waals surface area contributed by atoms with E-state index in [1.54, 1.807) is 48.5 Å². The number of anilines is 1. The molecule has 1 N–H and O–H groups in total. The monoisotopic (exact) mass is 407 g/mol. The Balaban J connectivity index is 1.97. The highest BCUT2D eigenvalue weighted by atomic mass is 35.5. The van der Waals surface area contributed by atoms with Crippen molar-refractivity contribution < 1.29 is 19.1 Å². The molecule has 1 heterocycles. The number of benzene rings is 3. The lowest BCUT2D eigenvalue weighted by molar-refractivity contribution is -0.132. The van der Waals surface area contributed by atoms with Crippen LogP contribution in [0.3, 0.4) is 0 Å². The van der Waals surface area contributed by atoms with E-state index in [2.05, 4.69) is 0 Å². The molecule has 0 unspecified atom stereocenters. The fraction of sp³-hybridized carbons (Fsp3) is 0.0435. The molecule has 0 aromatic heterocycles. The maximum Gasteiger partial charge on any atom is 0.300 e. The zero-order valence-electron chi connectivity index (χ0n) is 15.0. The third-order valence-corrected chi connectivity index (χ3v) is 5.05. The molecule has 0 spiro atoms. The molecule has 6 heteroatoms. The van der Waals surface area contributed by atoms with Crippen LogP contribution in [0.4, 0.5) is 10.1 Å². The number of aliphatic hydroxyl groups excluding tert-OH is 1. The zero-order valence-corrected chi connectivity index (χ0v) is 15.8. The van der Waals surface area contributed by atoms with Crippen LogP contribution in [0.2, 0.25) is 5.02 Å². The van der Waals surface area contributed by atoms with Gasteiger partial charge in [-0.2, -0.15) is 0 Å². The molecule has 1 fully saturated rings. The molecule has 1 amide bonds. The van der Waals surface area contributed by atoms with Crippen LogP contribution in [0.25, 0.3) is 5.76 Å². The number of hydrogen-bond acceptors (Lipinski definition) is 3. The summed E-state index contributed by atoms with van der Waals surface area (Å²) in [5, 5.41) is 11.4. The standard InChI is InChI=1S/C23H15ClFNO3/c24-15-12-10-14(11-13-15)21(27)19-20(17-8-4-5-9-18(17)25)26(23(29)22(19)28)16-6-2-1-3-7-16/h1-13,20,27H/t20-/m0/s1. The van der Waals surface area contributed by atoms with Gasteiger partial charge in [0.05, 0.1) is 11.6 Å². The smallest absolute Gasteiger partial charge is 0.300 e. The first-order chi connectivity index (χ1) is 14.0. The van der Waals surface area contributed by atoms with E-state index in [9.17, 15) is 19.1 Å². The highest BCUT2D eigenvalue weighted by Gasteiger charge is 2.47. The molecule has 3 aromatic carbocycles. The number of nitrogens with zero attached hydrogens (tertiary/aromatic N) is 1. The van der Waals surface area contributed by atoms with Gasteiger partial charge in [-0.3, -0.25) is 14.5 Å². The SMILES string of the molecule is O=C1C(=O)N(c2ccccc2)[C@@H](c2ccccc2F)C1=C(O)c1ccc(Cl)cc1. The quantitative estimate of drug-likeness (QED) is 0.373. The lowest BCUT2D eigenvalue weighted by Gasteiger charge is -2.25. The molecule has 1 atom stereocenters. The molecule has 1 aliphatic heterocycles. The van der Waals surface area contributed by atoms with Gasteiger partial charge in [-0.1, -0.05) is 48.0 Å². The molecule has 3 aromatic rings. The number of hydrogen-bond donors (Lipinski definition) is 1. The summed E-state index contributed by atoms with van der Waals surface area (Å²) in [4.78, 5) is 27.0. The Kier molecular flexibility index (Phi) is 4.91. The highest BCUT2D eigenvalue weighted by Crippen LogP contribution is 2.42. The first-order valence-corrected chi connectivity index (χ1v) is 9.23. The second-order valence-electron chi connectivity index (χ2n) is 6.53. The number of carbonyl (C=O) groups excluding carboxylic acids is 2. The van der Waals surface area contributed by atoms with Crippen LogP contribution in [0.15, 0.2) is 84.4 Å². The van der Waals surface area contributed by atoms with E-state index in [1.165, 1.54) is 35.2 Å². The van der Waals surface area contributed by atoms with Crippen molar-refractivity contribution in [1.82, 2.24) is 0 Å². The van der Waals surface area contributed by atoms with Gasteiger partial charge in [0.2, 0.25) is 0 Å². The van der Waals surface area contributed by atoms with Gasteiger partial charge < -0.3 is 5.11 Å². The first kappa shape index (κ1) is 18.9. The highest BCUT2D eigenvalue weighted by molar-refractivity contribution is 6.51. The lowest BCUT2D eigenvalue weighted by Crippen LogP contribution is -2.29. The molecule has 29 heavy (non-hydrogen) atoms.